The molecule has 2 aromatic carbocycles. The number of urea groups is 1. The average Bonchev–Trinajstić information content (AvgIpc) is 2.90. The molecule has 0 spiro atoms. The van der Waals surface area contributed by atoms with Gasteiger partial charge in [-0.2, -0.15) is 13.2 Å². The van der Waals surface area contributed by atoms with Crippen LogP contribution in [0.15, 0.2) is 48.5 Å². The molecule has 13 heteroatoms. The van der Waals surface area contributed by atoms with Gasteiger partial charge < -0.3 is 26.0 Å². The third-order valence-electron chi connectivity index (χ3n) is 7.13. The topological polar surface area (TPSA) is 131 Å². The molecule has 1 heterocycles. The van der Waals surface area contributed by atoms with Crippen molar-refractivity contribution < 1.29 is 37.5 Å². The summed E-state index contributed by atoms with van der Waals surface area (Å²) in [4.78, 5) is 50.9. The predicted octanol–water partition coefficient (Wildman–Crippen LogP) is 4.87. The maximum Gasteiger partial charge on any atom is 0.490 e. The van der Waals surface area contributed by atoms with Crippen molar-refractivity contribution in [3.05, 3.63) is 65.2 Å². The zero-order chi connectivity index (χ0) is 32.7. The lowest BCUT2D eigenvalue weighted by molar-refractivity contribution is -0.192. The summed E-state index contributed by atoms with van der Waals surface area (Å²) in [6.45, 7) is 10.9. The number of carboxylic acids is 1. The number of carboxylic acid groups (broad SMARTS) is 1. The lowest BCUT2D eigenvalue weighted by atomic mass is 9.93. The van der Waals surface area contributed by atoms with Crippen molar-refractivity contribution in [1.82, 2.24) is 20.4 Å². The summed E-state index contributed by atoms with van der Waals surface area (Å²) in [7, 11) is 0. The Morgan fingerprint density at radius 1 is 0.955 bits per heavy atom. The molecule has 0 aromatic heterocycles. The molecule has 2 aromatic rings. The van der Waals surface area contributed by atoms with Crippen molar-refractivity contribution in [3.8, 4) is 0 Å². The van der Waals surface area contributed by atoms with Gasteiger partial charge in [0.2, 0.25) is 0 Å². The van der Waals surface area contributed by atoms with Gasteiger partial charge in [0.1, 0.15) is 0 Å². The smallest absolute Gasteiger partial charge is 0.475 e. The van der Waals surface area contributed by atoms with Gasteiger partial charge in [0.25, 0.3) is 11.8 Å². The van der Waals surface area contributed by atoms with Gasteiger partial charge in [0.15, 0.2) is 0 Å². The lowest BCUT2D eigenvalue weighted by Crippen LogP contribution is -2.53. The number of benzene rings is 2. The van der Waals surface area contributed by atoms with Gasteiger partial charge in [-0.25, -0.2) is 9.59 Å². The number of hydrogen-bond acceptors (Lipinski definition) is 5. The summed E-state index contributed by atoms with van der Waals surface area (Å²) < 4.78 is 31.7. The van der Waals surface area contributed by atoms with E-state index in [1.54, 1.807) is 24.3 Å². The number of hydrogen-bond donors (Lipinski definition) is 4. The Kier molecular flexibility index (Phi) is 11.4. The van der Waals surface area contributed by atoms with Crippen LogP contribution in [0.25, 0.3) is 0 Å². The van der Waals surface area contributed by atoms with Crippen LogP contribution < -0.4 is 16.0 Å². The van der Waals surface area contributed by atoms with E-state index in [0.717, 1.165) is 44.5 Å². The third kappa shape index (κ3) is 10.5. The van der Waals surface area contributed by atoms with Gasteiger partial charge >= 0.3 is 18.2 Å². The number of carbonyl (C=O) groups excluding carboxylic acids is 3. The maximum atomic E-state index is 13.2. The number of aliphatic carboxylic acids is 1. The van der Waals surface area contributed by atoms with Crippen LogP contribution in [-0.2, 0) is 11.3 Å². The average molecular weight is 620 g/mol. The number of anilines is 1. The highest BCUT2D eigenvalue weighted by Gasteiger charge is 2.38. The molecule has 44 heavy (non-hydrogen) atoms. The summed E-state index contributed by atoms with van der Waals surface area (Å²) in [5.74, 6) is -2.83. The fourth-order valence-electron chi connectivity index (χ4n) is 4.73. The molecule has 0 unspecified atom stereocenters. The van der Waals surface area contributed by atoms with Crippen LogP contribution in [0.4, 0.5) is 23.7 Å². The van der Waals surface area contributed by atoms with Gasteiger partial charge in [-0.05, 0) is 88.9 Å². The molecular weight excluding hydrogens is 579 g/mol. The third-order valence-corrected chi connectivity index (χ3v) is 7.13. The molecule has 0 bridgehead atoms. The molecule has 2 aliphatic rings. The first-order valence-corrected chi connectivity index (χ1v) is 14.4. The van der Waals surface area contributed by atoms with Gasteiger partial charge in [-0.3, -0.25) is 14.5 Å². The number of rotatable bonds is 6. The van der Waals surface area contributed by atoms with Crippen molar-refractivity contribution in [2.24, 2.45) is 0 Å². The van der Waals surface area contributed by atoms with Gasteiger partial charge in [-0.1, -0.05) is 12.1 Å². The van der Waals surface area contributed by atoms with Crippen LogP contribution in [0.5, 0.6) is 0 Å². The van der Waals surface area contributed by atoms with E-state index in [1.165, 1.54) is 0 Å². The molecule has 1 saturated carbocycles. The molecule has 4 rings (SSSR count). The molecule has 1 saturated heterocycles. The number of nitrogens with one attached hydrogen (secondary N) is 3. The molecule has 1 aliphatic carbocycles. The van der Waals surface area contributed by atoms with Crippen LogP contribution in [0.3, 0.4) is 0 Å². The first kappa shape index (κ1) is 34.4. The minimum atomic E-state index is -5.08. The Morgan fingerprint density at radius 3 is 2.11 bits per heavy atom. The Bertz CT molecular complexity index is 1320. The minimum Gasteiger partial charge on any atom is -0.475 e. The zero-order valence-corrected chi connectivity index (χ0v) is 25.3. The monoisotopic (exact) mass is 619 g/mol. The first-order valence-electron chi connectivity index (χ1n) is 14.4. The van der Waals surface area contributed by atoms with E-state index in [4.69, 9.17) is 9.90 Å². The minimum absolute atomic E-state index is 0.00142. The van der Waals surface area contributed by atoms with E-state index >= 15 is 0 Å². The van der Waals surface area contributed by atoms with Crippen molar-refractivity contribution in [3.63, 3.8) is 0 Å². The first-order chi connectivity index (χ1) is 20.5. The molecule has 4 amide bonds. The van der Waals surface area contributed by atoms with Gasteiger partial charge in [0, 0.05) is 60.6 Å². The van der Waals surface area contributed by atoms with E-state index in [2.05, 4.69) is 27.8 Å². The number of carbonyl (C=O) groups is 4. The highest BCUT2D eigenvalue weighted by Crippen LogP contribution is 2.20. The van der Waals surface area contributed by atoms with Crippen molar-refractivity contribution in [2.45, 2.75) is 77.3 Å². The fourth-order valence-corrected chi connectivity index (χ4v) is 4.73. The van der Waals surface area contributed by atoms with Crippen LogP contribution in [0.1, 0.15) is 73.2 Å². The second kappa shape index (κ2) is 14.6. The second-order valence-corrected chi connectivity index (χ2v) is 12.1. The Hall–Kier alpha value is -4.13. The van der Waals surface area contributed by atoms with Gasteiger partial charge in [-0.15, -0.1) is 0 Å². The number of piperazine rings is 1. The molecular formula is C31H40F3N5O5. The lowest BCUT2D eigenvalue weighted by Gasteiger charge is -2.40. The number of nitrogens with zero attached hydrogens (tertiary/aromatic N) is 2. The quantitative estimate of drug-likeness (QED) is 0.365. The molecule has 4 N–H and O–H groups in total. The van der Waals surface area contributed by atoms with Crippen molar-refractivity contribution in [1.29, 1.82) is 0 Å². The number of alkyl halides is 3. The van der Waals surface area contributed by atoms with E-state index in [1.807, 2.05) is 49.9 Å². The summed E-state index contributed by atoms with van der Waals surface area (Å²) >= 11 is 0. The predicted molar refractivity (Wildman–Crippen MR) is 159 cm³/mol. The number of amides is 4. The highest BCUT2D eigenvalue weighted by molar-refractivity contribution is 5.96. The maximum absolute atomic E-state index is 13.2. The summed E-state index contributed by atoms with van der Waals surface area (Å²) in [6, 6.07) is 15.0. The van der Waals surface area contributed by atoms with E-state index in [0.29, 0.717) is 23.4 Å². The standard InChI is InChI=1S/C29H39N5O3.C2HF3O2/c1-20-18-33(19-21-7-5-8-23(17-21)26(35)32-29(2,3)4)15-16-34(20)27(36)22-11-13-25(14-12-22)31-28(37)30-24-9-6-10-24;3-2(4,5)1(6)7/h5,7-8,11-14,17,20,24H,6,9-10,15-16,18-19H2,1-4H3,(H,32,35)(H2,30,31,37);(H,6,7)/t20-;/m0./s1. The molecule has 2 fully saturated rings. The Balaban J connectivity index is 0.000000676. The summed E-state index contributed by atoms with van der Waals surface area (Å²) in [5, 5.41) is 15.9. The van der Waals surface area contributed by atoms with Gasteiger partial charge in [0.05, 0.1) is 0 Å². The van der Waals surface area contributed by atoms with E-state index in [-0.39, 0.29) is 35.5 Å². The molecule has 1 atom stereocenters. The fraction of sp³-hybridized carbons (Fsp3) is 0.484. The molecule has 10 nitrogen and oxygen atoms in total. The number of halogens is 3. The zero-order valence-electron chi connectivity index (χ0n) is 25.3. The van der Waals surface area contributed by atoms with Crippen LogP contribution in [0, 0.1) is 0 Å². The molecule has 1 aliphatic heterocycles. The van der Waals surface area contributed by atoms with Crippen molar-refractivity contribution in [2.75, 3.05) is 25.0 Å². The highest BCUT2D eigenvalue weighted by atomic mass is 19.4. The normalized spacial score (nSPS) is 17.4. The largest absolute Gasteiger partial charge is 0.490 e. The second-order valence-electron chi connectivity index (χ2n) is 12.1. The molecule has 240 valence electrons. The Morgan fingerprint density at radius 2 is 1.59 bits per heavy atom. The van der Waals surface area contributed by atoms with Crippen LogP contribution >= 0.6 is 0 Å². The van der Waals surface area contributed by atoms with Crippen molar-refractivity contribution >= 4 is 29.5 Å². The van der Waals surface area contributed by atoms with Crippen LogP contribution in [-0.4, -0.2) is 82.2 Å². The van der Waals surface area contributed by atoms with E-state index < -0.39 is 12.1 Å². The Labute approximate surface area is 255 Å². The summed E-state index contributed by atoms with van der Waals surface area (Å²) in [5.41, 5.74) is 2.74. The SMILES string of the molecule is C[C@H]1CN(Cc2cccc(C(=O)NC(C)(C)C)c2)CCN1C(=O)c1ccc(NC(=O)NC2CCC2)cc1.O=C(O)C(F)(F)F. The molecule has 0 radical (unpaired) electrons. The van der Waals surface area contributed by atoms with E-state index in [9.17, 15) is 27.6 Å². The van der Waals surface area contributed by atoms with Crippen LogP contribution in [0.2, 0.25) is 0 Å². The summed E-state index contributed by atoms with van der Waals surface area (Å²) in [6.07, 6.45) is -1.85.